The van der Waals surface area contributed by atoms with Gasteiger partial charge in [0, 0.05) is 22.6 Å². The van der Waals surface area contributed by atoms with Crippen molar-refractivity contribution in [3.8, 4) is 0 Å². The summed E-state index contributed by atoms with van der Waals surface area (Å²) in [5.74, 6) is -0.516. The number of fused-ring (bicyclic) bond motifs is 1. The van der Waals surface area contributed by atoms with Crippen LogP contribution in [0.25, 0.3) is 6.08 Å². The monoisotopic (exact) mass is 434 g/mol. The molecule has 0 atom stereocenters. The Hall–Kier alpha value is -3.05. The van der Waals surface area contributed by atoms with Crippen molar-refractivity contribution in [1.82, 2.24) is 0 Å². The minimum Gasteiger partial charge on any atom is -0.309 e. The van der Waals surface area contributed by atoms with Crippen LogP contribution in [0.15, 0.2) is 88.0 Å². The maximum atomic E-state index is 13.4. The molecule has 28 heavy (non-hydrogen) atoms. The van der Waals surface area contributed by atoms with Gasteiger partial charge in [0.1, 0.15) is 11.5 Å². The number of amides is 1. The lowest BCUT2D eigenvalue weighted by molar-refractivity contribution is -0.114. The topological polar surface area (TPSA) is 32.7 Å². The first-order valence-corrected chi connectivity index (χ1v) is 9.51. The van der Waals surface area contributed by atoms with Gasteiger partial charge in [0.05, 0.1) is 11.4 Å². The van der Waals surface area contributed by atoms with Gasteiger partial charge in [-0.1, -0.05) is 46.3 Å². The molecule has 0 aliphatic carbocycles. The molecule has 3 nitrogen and oxygen atoms in total. The van der Waals surface area contributed by atoms with Gasteiger partial charge in [-0.3, -0.25) is 4.79 Å². The number of para-hydroxylation sites is 1. The highest BCUT2D eigenvalue weighted by molar-refractivity contribution is 9.10. The van der Waals surface area contributed by atoms with Gasteiger partial charge in [0.15, 0.2) is 0 Å². The Balaban J connectivity index is 1.92. The predicted molar refractivity (Wildman–Crippen MR) is 114 cm³/mol. The number of carbonyl (C=O) groups is 1. The number of hydrogen-bond donors (Lipinski definition) is 0. The Labute approximate surface area is 171 Å². The lowest BCUT2D eigenvalue weighted by atomic mass is 10.0. The standard InChI is InChI=1S/C23H16BrFN2O/c1-27-21-5-3-2-4-19(21)22(16-8-12-18(25)13-9-16)26-20(23(27)28)14-15-6-10-17(24)11-7-15/h2-14H,1H3/b20-14-. The molecule has 0 aromatic heterocycles. The Bertz CT molecular complexity index is 1100. The number of benzodiazepines with no additional fused rings is 1. The molecule has 1 aliphatic rings. The van der Waals surface area contributed by atoms with Crippen LogP contribution in [0.3, 0.4) is 0 Å². The highest BCUT2D eigenvalue weighted by atomic mass is 79.9. The summed E-state index contributed by atoms with van der Waals surface area (Å²) in [5.41, 5.74) is 4.16. The van der Waals surface area contributed by atoms with Crippen LogP contribution in [0, 0.1) is 5.82 Å². The summed E-state index contributed by atoms with van der Waals surface area (Å²) in [6, 6.07) is 21.4. The molecular formula is C23H16BrFN2O. The van der Waals surface area contributed by atoms with E-state index in [4.69, 9.17) is 4.99 Å². The molecule has 3 aromatic rings. The molecule has 0 bridgehead atoms. The normalized spacial score (nSPS) is 15.2. The van der Waals surface area contributed by atoms with Gasteiger partial charge in [0.25, 0.3) is 5.91 Å². The molecule has 0 saturated heterocycles. The quantitative estimate of drug-likeness (QED) is 0.494. The second-order valence-corrected chi connectivity index (χ2v) is 7.35. The fourth-order valence-electron chi connectivity index (χ4n) is 3.11. The van der Waals surface area contributed by atoms with Crippen molar-refractivity contribution >= 4 is 39.3 Å². The lowest BCUT2D eigenvalue weighted by Gasteiger charge is -2.17. The van der Waals surface area contributed by atoms with Crippen LogP contribution in [0.5, 0.6) is 0 Å². The Morgan fingerprint density at radius 3 is 2.36 bits per heavy atom. The van der Waals surface area contributed by atoms with E-state index in [0.29, 0.717) is 11.4 Å². The van der Waals surface area contributed by atoms with Gasteiger partial charge in [-0.2, -0.15) is 0 Å². The highest BCUT2D eigenvalue weighted by Gasteiger charge is 2.25. The van der Waals surface area contributed by atoms with E-state index in [9.17, 15) is 9.18 Å². The lowest BCUT2D eigenvalue weighted by Crippen LogP contribution is -2.26. The van der Waals surface area contributed by atoms with E-state index < -0.39 is 0 Å². The molecule has 0 radical (unpaired) electrons. The molecule has 5 heteroatoms. The first-order chi connectivity index (χ1) is 13.5. The maximum Gasteiger partial charge on any atom is 0.276 e. The number of halogens is 2. The second kappa shape index (κ2) is 7.52. The summed E-state index contributed by atoms with van der Waals surface area (Å²) >= 11 is 3.42. The van der Waals surface area contributed by atoms with Crippen molar-refractivity contribution in [2.45, 2.75) is 0 Å². The minimum atomic E-state index is -0.315. The SMILES string of the molecule is CN1C(=O)/C(=C/c2ccc(Br)cc2)N=C(c2ccc(F)cc2)c2ccccc21. The molecule has 0 spiro atoms. The Morgan fingerprint density at radius 1 is 0.964 bits per heavy atom. The maximum absolute atomic E-state index is 13.4. The van der Waals surface area contributed by atoms with Crippen molar-refractivity contribution in [2.75, 3.05) is 11.9 Å². The summed E-state index contributed by atoms with van der Waals surface area (Å²) in [4.78, 5) is 19.4. The molecular weight excluding hydrogens is 419 g/mol. The van der Waals surface area contributed by atoms with E-state index in [2.05, 4.69) is 15.9 Å². The van der Waals surface area contributed by atoms with E-state index in [1.807, 2.05) is 48.5 Å². The molecule has 3 aromatic carbocycles. The summed E-state index contributed by atoms with van der Waals surface area (Å²) in [6.07, 6.45) is 1.76. The average Bonchev–Trinajstić information content (AvgIpc) is 2.81. The van der Waals surface area contributed by atoms with Crippen molar-refractivity contribution in [1.29, 1.82) is 0 Å². The van der Waals surface area contributed by atoms with E-state index >= 15 is 0 Å². The number of benzene rings is 3. The van der Waals surface area contributed by atoms with Gasteiger partial charge in [-0.15, -0.1) is 0 Å². The van der Waals surface area contributed by atoms with Gasteiger partial charge in [-0.25, -0.2) is 9.38 Å². The molecule has 1 heterocycles. The van der Waals surface area contributed by atoms with Gasteiger partial charge in [-0.05, 0) is 54.1 Å². The molecule has 0 saturated carbocycles. The number of rotatable bonds is 2. The number of nitrogens with zero attached hydrogens (tertiary/aromatic N) is 2. The summed E-state index contributed by atoms with van der Waals surface area (Å²) in [7, 11) is 1.74. The average molecular weight is 435 g/mol. The molecule has 1 aliphatic heterocycles. The molecule has 0 fully saturated rings. The summed E-state index contributed by atoms with van der Waals surface area (Å²) < 4.78 is 14.4. The van der Waals surface area contributed by atoms with E-state index in [-0.39, 0.29) is 11.7 Å². The molecule has 4 rings (SSSR count). The Morgan fingerprint density at radius 2 is 1.64 bits per heavy atom. The molecule has 0 unspecified atom stereocenters. The third-order valence-electron chi connectivity index (χ3n) is 4.57. The van der Waals surface area contributed by atoms with Crippen LogP contribution < -0.4 is 4.90 Å². The number of hydrogen-bond acceptors (Lipinski definition) is 2. The Kier molecular flexibility index (Phi) is 4.92. The number of aliphatic imine (C=N–C) groups is 1. The summed E-state index contributed by atoms with van der Waals surface area (Å²) in [5, 5.41) is 0. The van der Waals surface area contributed by atoms with Crippen LogP contribution in [0.1, 0.15) is 16.7 Å². The smallest absolute Gasteiger partial charge is 0.276 e. The van der Waals surface area contributed by atoms with Gasteiger partial charge in [0.2, 0.25) is 0 Å². The van der Waals surface area contributed by atoms with Crippen molar-refractivity contribution in [3.05, 3.63) is 105 Å². The highest BCUT2D eigenvalue weighted by Crippen LogP contribution is 2.29. The van der Waals surface area contributed by atoms with Crippen molar-refractivity contribution in [3.63, 3.8) is 0 Å². The van der Waals surface area contributed by atoms with E-state index in [1.54, 1.807) is 30.2 Å². The van der Waals surface area contributed by atoms with Crippen LogP contribution in [-0.2, 0) is 4.79 Å². The number of likely N-dealkylation sites (N-methyl/N-ethyl adjacent to an activating group) is 1. The predicted octanol–water partition coefficient (Wildman–Crippen LogP) is 5.44. The third kappa shape index (κ3) is 3.53. The van der Waals surface area contributed by atoms with Crippen molar-refractivity contribution in [2.24, 2.45) is 4.99 Å². The number of carbonyl (C=O) groups excluding carboxylic acids is 1. The zero-order chi connectivity index (χ0) is 19.7. The zero-order valence-electron chi connectivity index (χ0n) is 15.1. The van der Waals surface area contributed by atoms with E-state index in [1.165, 1.54) is 12.1 Å². The largest absolute Gasteiger partial charge is 0.309 e. The van der Waals surface area contributed by atoms with E-state index in [0.717, 1.165) is 26.9 Å². The molecule has 138 valence electrons. The zero-order valence-corrected chi connectivity index (χ0v) is 16.7. The minimum absolute atomic E-state index is 0.201. The van der Waals surface area contributed by atoms with Crippen molar-refractivity contribution < 1.29 is 9.18 Å². The third-order valence-corrected chi connectivity index (χ3v) is 5.10. The first-order valence-electron chi connectivity index (χ1n) is 8.72. The van der Waals surface area contributed by atoms with Crippen LogP contribution in [0.4, 0.5) is 10.1 Å². The molecule has 1 amide bonds. The van der Waals surface area contributed by atoms with Gasteiger partial charge >= 0.3 is 0 Å². The number of anilines is 1. The first kappa shape index (κ1) is 18.3. The fourth-order valence-corrected chi connectivity index (χ4v) is 3.38. The van der Waals surface area contributed by atoms with Crippen LogP contribution in [-0.4, -0.2) is 18.7 Å². The summed E-state index contributed by atoms with van der Waals surface area (Å²) in [6.45, 7) is 0. The fraction of sp³-hybridized carbons (Fsp3) is 0.0435. The van der Waals surface area contributed by atoms with Gasteiger partial charge < -0.3 is 4.90 Å². The van der Waals surface area contributed by atoms with Crippen LogP contribution in [0.2, 0.25) is 0 Å². The molecule has 0 N–H and O–H groups in total. The second-order valence-electron chi connectivity index (χ2n) is 6.43. The van der Waals surface area contributed by atoms with Crippen LogP contribution >= 0.6 is 15.9 Å².